The smallest absolute Gasteiger partial charge is 0.0477 e. The lowest BCUT2D eigenvalue weighted by atomic mass is 9.90. The Balaban J connectivity index is 1.93. The van der Waals surface area contributed by atoms with Gasteiger partial charge in [-0.15, -0.1) is 23.5 Å². The van der Waals surface area contributed by atoms with E-state index in [0.717, 1.165) is 15.7 Å². The first-order valence-corrected chi connectivity index (χ1v) is 6.62. The molecule has 2 heteroatoms. The van der Waals surface area contributed by atoms with E-state index in [1.165, 1.54) is 31.4 Å². The van der Waals surface area contributed by atoms with E-state index >= 15 is 0 Å². The van der Waals surface area contributed by atoms with Crippen LogP contribution < -0.4 is 0 Å². The molecule has 1 heterocycles. The van der Waals surface area contributed by atoms with E-state index in [4.69, 9.17) is 0 Å². The van der Waals surface area contributed by atoms with Gasteiger partial charge in [-0.1, -0.05) is 12.8 Å². The first kappa shape index (κ1) is 8.31. The zero-order valence-electron chi connectivity index (χ0n) is 7.08. The summed E-state index contributed by atoms with van der Waals surface area (Å²) in [7, 11) is 0. The fourth-order valence-electron chi connectivity index (χ4n) is 2.09. The van der Waals surface area contributed by atoms with Crippen LogP contribution in [-0.4, -0.2) is 15.6 Å². The van der Waals surface area contributed by atoms with E-state index in [0.29, 0.717) is 0 Å². The highest BCUT2D eigenvalue weighted by molar-refractivity contribution is 8.17. The quantitative estimate of drug-likeness (QED) is 0.571. The number of rotatable bonds is 0. The fourth-order valence-corrected chi connectivity index (χ4v) is 5.35. The van der Waals surface area contributed by atoms with Crippen LogP contribution in [0.5, 0.6) is 0 Å². The molecule has 2 fully saturated rings. The molecule has 3 atom stereocenters. The Morgan fingerprint density at radius 2 is 2.00 bits per heavy atom. The van der Waals surface area contributed by atoms with Crippen molar-refractivity contribution in [2.24, 2.45) is 5.92 Å². The lowest BCUT2D eigenvalue weighted by Gasteiger charge is -2.37. The monoisotopic (exact) mass is 188 g/mol. The zero-order chi connectivity index (χ0) is 7.68. The Labute approximate surface area is 77.9 Å². The topological polar surface area (TPSA) is 0 Å². The summed E-state index contributed by atoms with van der Waals surface area (Å²) in [6.07, 6.45) is 6.00. The van der Waals surface area contributed by atoms with Crippen LogP contribution in [0.2, 0.25) is 0 Å². The zero-order valence-corrected chi connectivity index (χ0v) is 8.72. The minimum absolute atomic E-state index is 0.870. The van der Waals surface area contributed by atoms with Gasteiger partial charge in [0.15, 0.2) is 0 Å². The summed E-state index contributed by atoms with van der Waals surface area (Å²) in [5.41, 5.74) is 0. The highest BCUT2D eigenvalue weighted by atomic mass is 32.2. The molecule has 0 bridgehead atoms. The second-order valence-corrected chi connectivity index (χ2v) is 6.88. The summed E-state index contributed by atoms with van der Waals surface area (Å²) in [5.74, 6) is 2.51. The number of hydrogen-bond donors (Lipinski definition) is 0. The molecule has 0 spiro atoms. The van der Waals surface area contributed by atoms with Crippen LogP contribution >= 0.6 is 23.5 Å². The van der Waals surface area contributed by atoms with Crippen molar-refractivity contribution < 1.29 is 0 Å². The highest BCUT2D eigenvalue weighted by Gasteiger charge is 2.31. The molecule has 2 rings (SSSR count). The third-order valence-corrected chi connectivity index (χ3v) is 5.94. The standard InChI is InChI=1S/C9H16S2/c1-7-10-6-8-4-2-3-5-9(8)11-7/h7-9H,2-6H2,1H3/t7-,8-,9+/m1/s1. The molecule has 0 aromatic carbocycles. The van der Waals surface area contributed by atoms with Gasteiger partial charge in [-0.2, -0.15) is 0 Å². The van der Waals surface area contributed by atoms with Crippen LogP contribution in [0.1, 0.15) is 32.6 Å². The van der Waals surface area contributed by atoms with Gasteiger partial charge in [-0.25, -0.2) is 0 Å². The molecule has 1 saturated carbocycles. The predicted molar refractivity (Wildman–Crippen MR) is 55.3 cm³/mol. The second kappa shape index (κ2) is 3.61. The average Bonchev–Trinajstić information content (AvgIpc) is 2.04. The van der Waals surface area contributed by atoms with Gasteiger partial charge >= 0.3 is 0 Å². The molecule has 0 radical (unpaired) electrons. The molecule has 0 aromatic rings. The molecular weight excluding hydrogens is 172 g/mol. The molecule has 1 saturated heterocycles. The van der Waals surface area contributed by atoms with Crippen molar-refractivity contribution >= 4 is 23.5 Å². The van der Waals surface area contributed by atoms with Gasteiger partial charge in [-0.05, 0) is 31.4 Å². The Kier molecular flexibility index (Phi) is 2.73. The van der Waals surface area contributed by atoms with Crippen molar-refractivity contribution in [2.45, 2.75) is 42.4 Å². The van der Waals surface area contributed by atoms with Crippen LogP contribution in [0.4, 0.5) is 0 Å². The first-order chi connectivity index (χ1) is 5.36. The Morgan fingerprint density at radius 1 is 1.18 bits per heavy atom. The van der Waals surface area contributed by atoms with Gasteiger partial charge in [-0.3, -0.25) is 0 Å². The van der Waals surface area contributed by atoms with E-state index in [-0.39, 0.29) is 0 Å². The maximum absolute atomic E-state index is 2.36. The van der Waals surface area contributed by atoms with Crippen molar-refractivity contribution in [2.75, 3.05) is 5.75 Å². The van der Waals surface area contributed by atoms with E-state index in [1.54, 1.807) is 0 Å². The summed E-state index contributed by atoms with van der Waals surface area (Å²) in [5, 5.41) is 1.03. The van der Waals surface area contributed by atoms with Gasteiger partial charge in [0.25, 0.3) is 0 Å². The third kappa shape index (κ3) is 1.89. The van der Waals surface area contributed by atoms with Crippen LogP contribution in [0, 0.1) is 5.92 Å². The van der Waals surface area contributed by atoms with E-state index in [9.17, 15) is 0 Å². The first-order valence-electron chi connectivity index (χ1n) is 4.63. The summed E-state index contributed by atoms with van der Waals surface area (Å²) < 4.78 is 0.870. The van der Waals surface area contributed by atoms with Crippen LogP contribution in [-0.2, 0) is 0 Å². The summed E-state index contributed by atoms with van der Waals surface area (Å²) >= 11 is 4.40. The summed E-state index contributed by atoms with van der Waals surface area (Å²) in [6.45, 7) is 2.36. The van der Waals surface area contributed by atoms with Crippen molar-refractivity contribution in [1.29, 1.82) is 0 Å². The lowest BCUT2D eigenvalue weighted by Crippen LogP contribution is -2.29. The molecule has 0 unspecified atom stereocenters. The van der Waals surface area contributed by atoms with Crippen molar-refractivity contribution in [3.63, 3.8) is 0 Å². The molecule has 0 aromatic heterocycles. The number of fused-ring (bicyclic) bond motifs is 1. The van der Waals surface area contributed by atoms with Crippen molar-refractivity contribution in [3.05, 3.63) is 0 Å². The largest absolute Gasteiger partial charge is 0.148 e. The molecule has 1 aliphatic carbocycles. The van der Waals surface area contributed by atoms with Crippen LogP contribution in [0.25, 0.3) is 0 Å². The van der Waals surface area contributed by atoms with Crippen molar-refractivity contribution in [3.8, 4) is 0 Å². The third-order valence-electron chi connectivity index (χ3n) is 2.75. The minimum atomic E-state index is 0.870. The van der Waals surface area contributed by atoms with E-state index < -0.39 is 0 Å². The molecule has 0 nitrogen and oxygen atoms in total. The lowest BCUT2D eigenvalue weighted by molar-refractivity contribution is 0.401. The second-order valence-electron chi connectivity index (χ2n) is 3.62. The molecule has 64 valence electrons. The van der Waals surface area contributed by atoms with Gasteiger partial charge in [0.05, 0.1) is 0 Å². The predicted octanol–water partition coefficient (Wildman–Crippen LogP) is 3.37. The average molecular weight is 188 g/mol. The Bertz CT molecular complexity index is 136. The maximum atomic E-state index is 2.36. The van der Waals surface area contributed by atoms with Crippen LogP contribution in [0.3, 0.4) is 0 Å². The van der Waals surface area contributed by atoms with Gasteiger partial charge in [0.1, 0.15) is 0 Å². The summed E-state index contributed by atoms with van der Waals surface area (Å²) in [4.78, 5) is 0. The van der Waals surface area contributed by atoms with Crippen molar-refractivity contribution in [1.82, 2.24) is 0 Å². The molecule has 11 heavy (non-hydrogen) atoms. The molecular formula is C9H16S2. The Hall–Kier alpha value is 0.700. The minimum Gasteiger partial charge on any atom is -0.148 e. The Morgan fingerprint density at radius 3 is 2.91 bits per heavy atom. The van der Waals surface area contributed by atoms with E-state index in [2.05, 4.69) is 30.4 Å². The van der Waals surface area contributed by atoms with Gasteiger partial charge in [0.2, 0.25) is 0 Å². The summed E-state index contributed by atoms with van der Waals surface area (Å²) in [6, 6.07) is 0. The maximum Gasteiger partial charge on any atom is 0.0477 e. The van der Waals surface area contributed by atoms with E-state index in [1.807, 2.05) is 0 Å². The molecule has 0 amide bonds. The number of thioether (sulfide) groups is 2. The van der Waals surface area contributed by atoms with Gasteiger partial charge < -0.3 is 0 Å². The molecule has 1 aliphatic heterocycles. The fraction of sp³-hybridized carbons (Fsp3) is 1.00. The highest BCUT2D eigenvalue weighted by Crippen LogP contribution is 2.45. The number of hydrogen-bond acceptors (Lipinski definition) is 2. The molecule has 2 aliphatic rings. The van der Waals surface area contributed by atoms with Gasteiger partial charge in [0, 0.05) is 9.83 Å². The molecule has 0 N–H and O–H groups in total. The normalized spacial score (nSPS) is 45.0. The van der Waals surface area contributed by atoms with Crippen LogP contribution in [0.15, 0.2) is 0 Å². The SMILES string of the molecule is C[C@@H]1SC[C@H]2CCCC[C@@H]2S1.